The van der Waals surface area contributed by atoms with E-state index in [-0.39, 0.29) is 18.2 Å². The molecule has 1 amide bonds. The highest BCUT2D eigenvalue weighted by atomic mass is 16.2. The molecule has 4 heteroatoms. The quantitative estimate of drug-likeness (QED) is 0.622. The summed E-state index contributed by atoms with van der Waals surface area (Å²) in [5, 5.41) is 2.48. The molecule has 0 saturated carbocycles. The maximum Gasteiger partial charge on any atom is 0.237 e. The van der Waals surface area contributed by atoms with E-state index in [0.29, 0.717) is 6.42 Å². The summed E-state index contributed by atoms with van der Waals surface area (Å²) < 4.78 is 0. The van der Waals surface area contributed by atoms with Crippen LogP contribution in [0.1, 0.15) is 33.1 Å². The van der Waals surface area contributed by atoms with Crippen LogP contribution in [-0.4, -0.2) is 24.3 Å². The maximum atomic E-state index is 11.2. The first kappa shape index (κ1) is 12.1. The second-order valence-corrected chi connectivity index (χ2v) is 3.17. The first-order chi connectivity index (χ1) is 6.07. The molecular formula is C9H18N2O2. The number of unbranched alkanes of at least 4 members (excludes halogenated alkanes) is 1. The third kappa shape index (κ3) is 6.28. The molecule has 13 heavy (non-hydrogen) atoms. The van der Waals surface area contributed by atoms with Crippen LogP contribution in [0.2, 0.25) is 0 Å². The van der Waals surface area contributed by atoms with Crippen molar-refractivity contribution in [3.05, 3.63) is 0 Å². The van der Waals surface area contributed by atoms with Gasteiger partial charge in [-0.3, -0.25) is 9.59 Å². The zero-order valence-corrected chi connectivity index (χ0v) is 8.30. The molecule has 0 heterocycles. The third-order valence-electron chi connectivity index (χ3n) is 1.72. The van der Waals surface area contributed by atoms with E-state index in [0.717, 1.165) is 12.8 Å². The lowest BCUT2D eigenvalue weighted by Crippen LogP contribution is -2.42. The fourth-order valence-corrected chi connectivity index (χ4v) is 0.898. The Morgan fingerprint density at radius 3 is 2.54 bits per heavy atom. The van der Waals surface area contributed by atoms with Crippen molar-refractivity contribution >= 4 is 11.7 Å². The Kier molecular flexibility index (Phi) is 6.14. The van der Waals surface area contributed by atoms with Gasteiger partial charge in [-0.05, 0) is 13.3 Å². The van der Waals surface area contributed by atoms with Crippen LogP contribution in [0.5, 0.6) is 0 Å². The number of hydrogen-bond acceptors (Lipinski definition) is 3. The summed E-state index contributed by atoms with van der Waals surface area (Å²) in [6.07, 6.45) is 2.64. The average Bonchev–Trinajstić information content (AvgIpc) is 2.10. The molecule has 0 unspecified atom stereocenters. The van der Waals surface area contributed by atoms with Crippen molar-refractivity contribution in [1.29, 1.82) is 0 Å². The van der Waals surface area contributed by atoms with E-state index in [1.165, 1.54) is 6.92 Å². The summed E-state index contributed by atoms with van der Waals surface area (Å²) in [7, 11) is 0. The SMILES string of the molecule is CCCC[C@H](N)C(=O)NCC(C)=O. The number of rotatable bonds is 6. The van der Waals surface area contributed by atoms with Crippen molar-refractivity contribution < 1.29 is 9.59 Å². The van der Waals surface area contributed by atoms with Gasteiger partial charge in [0.15, 0.2) is 0 Å². The van der Waals surface area contributed by atoms with Crippen LogP contribution < -0.4 is 11.1 Å². The summed E-state index contributed by atoms with van der Waals surface area (Å²) >= 11 is 0. The fourth-order valence-electron chi connectivity index (χ4n) is 0.898. The van der Waals surface area contributed by atoms with E-state index in [4.69, 9.17) is 5.73 Å². The van der Waals surface area contributed by atoms with Crippen LogP contribution in [0.4, 0.5) is 0 Å². The third-order valence-corrected chi connectivity index (χ3v) is 1.72. The largest absolute Gasteiger partial charge is 0.348 e. The molecule has 0 aromatic rings. The molecule has 0 aliphatic heterocycles. The molecule has 3 N–H and O–H groups in total. The highest BCUT2D eigenvalue weighted by Gasteiger charge is 2.11. The summed E-state index contributed by atoms with van der Waals surface area (Å²) in [4.78, 5) is 21.7. The second kappa shape index (κ2) is 6.60. The first-order valence-electron chi connectivity index (χ1n) is 4.60. The van der Waals surface area contributed by atoms with Gasteiger partial charge in [-0.2, -0.15) is 0 Å². The van der Waals surface area contributed by atoms with Gasteiger partial charge in [-0.1, -0.05) is 19.8 Å². The van der Waals surface area contributed by atoms with Gasteiger partial charge in [-0.25, -0.2) is 0 Å². The number of carbonyl (C=O) groups is 2. The van der Waals surface area contributed by atoms with Gasteiger partial charge >= 0.3 is 0 Å². The Morgan fingerprint density at radius 1 is 1.46 bits per heavy atom. The molecule has 0 aromatic carbocycles. The summed E-state index contributed by atoms with van der Waals surface area (Å²) in [5.74, 6) is -0.292. The molecule has 0 aliphatic carbocycles. The number of ketones is 1. The van der Waals surface area contributed by atoms with E-state index in [1.807, 2.05) is 6.92 Å². The lowest BCUT2D eigenvalue weighted by molar-refractivity contribution is -0.125. The Bertz CT molecular complexity index is 180. The van der Waals surface area contributed by atoms with Gasteiger partial charge in [0.2, 0.25) is 5.91 Å². The zero-order valence-electron chi connectivity index (χ0n) is 8.30. The number of amides is 1. The van der Waals surface area contributed by atoms with Crippen LogP contribution in [0, 0.1) is 0 Å². The molecule has 0 fully saturated rings. The Hall–Kier alpha value is -0.900. The number of nitrogens with one attached hydrogen (secondary N) is 1. The van der Waals surface area contributed by atoms with Crippen LogP contribution in [0.15, 0.2) is 0 Å². The molecule has 1 atom stereocenters. The predicted molar refractivity (Wildman–Crippen MR) is 51.2 cm³/mol. The van der Waals surface area contributed by atoms with Gasteiger partial charge in [-0.15, -0.1) is 0 Å². The van der Waals surface area contributed by atoms with Gasteiger partial charge in [0, 0.05) is 0 Å². The van der Waals surface area contributed by atoms with Crippen molar-refractivity contribution in [2.75, 3.05) is 6.54 Å². The number of nitrogens with two attached hydrogens (primary N) is 1. The van der Waals surface area contributed by atoms with E-state index in [1.54, 1.807) is 0 Å². The number of hydrogen-bond donors (Lipinski definition) is 2. The molecule has 4 nitrogen and oxygen atoms in total. The van der Waals surface area contributed by atoms with Crippen molar-refractivity contribution in [3.63, 3.8) is 0 Å². The molecular weight excluding hydrogens is 168 g/mol. The van der Waals surface area contributed by atoms with Crippen LogP contribution in [0.25, 0.3) is 0 Å². The highest BCUT2D eigenvalue weighted by Crippen LogP contribution is 1.97. The molecule has 0 rings (SSSR count). The van der Waals surface area contributed by atoms with Crippen LogP contribution in [-0.2, 0) is 9.59 Å². The standard InChI is InChI=1S/C9H18N2O2/c1-3-4-5-8(10)9(13)11-6-7(2)12/h8H,3-6,10H2,1-2H3,(H,11,13)/t8-/m0/s1. The highest BCUT2D eigenvalue weighted by molar-refractivity contribution is 5.87. The summed E-state index contributed by atoms with van der Waals surface area (Å²) in [6, 6.07) is -0.473. The van der Waals surface area contributed by atoms with Crippen LogP contribution in [0.3, 0.4) is 0 Å². The predicted octanol–water partition coefficient (Wildman–Crippen LogP) is 0.209. The number of carbonyl (C=O) groups excluding carboxylic acids is 2. The zero-order chi connectivity index (χ0) is 10.3. The minimum absolute atomic E-state index is 0.0592. The van der Waals surface area contributed by atoms with Crippen molar-refractivity contribution in [1.82, 2.24) is 5.32 Å². The number of Topliss-reactive ketones (excluding diaryl/α,β-unsaturated/α-hetero) is 1. The van der Waals surface area contributed by atoms with Crippen molar-refractivity contribution in [2.45, 2.75) is 39.2 Å². The lowest BCUT2D eigenvalue weighted by Gasteiger charge is -2.10. The van der Waals surface area contributed by atoms with Crippen molar-refractivity contribution in [2.24, 2.45) is 5.73 Å². The van der Waals surface area contributed by atoms with E-state index in [2.05, 4.69) is 5.32 Å². The van der Waals surface area contributed by atoms with Crippen LogP contribution >= 0.6 is 0 Å². The van der Waals surface area contributed by atoms with E-state index >= 15 is 0 Å². The topological polar surface area (TPSA) is 72.2 Å². The monoisotopic (exact) mass is 186 g/mol. The molecule has 76 valence electrons. The van der Waals surface area contributed by atoms with Gasteiger partial charge in [0.05, 0.1) is 12.6 Å². The maximum absolute atomic E-state index is 11.2. The Balaban J connectivity index is 3.63. The normalized spacial score (nSPS) is 12.2. The molecule has 0 bridgehead atoms. The smallest absolute Gasteiger partial charge is 0.237 e. The first-order valence-corrected chi connectivity index (χ1v) is 4.60. The Labute approximate surface area is 78.9 Å². The van der Waals surface area contributed by atoms with E-state index < -0.39 is 6.04 Å². The molecule has 0 aromatic heterocycles. The molecule has 0 aliphatic rings. The summed E-state index contributed by atoms with van der Waals surface area (Å²) in [6.45, 7) is 3.55. The fraction of sp³-hybridized carbons (Fsp3) is 0.778. The molecule has 0 saturated heterocycles. The van der Waals surface area contributed by atoms with Gasteiger partial charge in [0.25, 0.3) is 0 Å². The molecule has 0 radical (unpaired) electrons. The minimum Gasteiger partial charge on any atom is -0.348 e. The van der Waals surface area contributed by atoms with E-state index in [9.17, 15) is 9.59 Å². The minimum atomic E-state index is -0.473. The summed E-state index contributed by atoms with van der Waals surface area (Å²) in [5.41, 5.74) is 5.57. The average molecular weight is 186 g/mol. The van der Waals surface area contributed by atoms with Gasteiger partial charge in [0.1, 0.15) is 5.78 Å². The second-order valence-electron chi connectivity index (χ2n) is 3.17. The Morgan fingerprint density at radius 2 is 2.08 bits per heavy atom. The lowest BCUT2D eigenvalue weighted by atomic mass is 10.1. The van der Waals surface area contributed by atoms with Crippen molar-refractivity contribution in [3.8, 4) is 0 Å². The van der Waals surface area contributed by atoms with Gasteiger partial charge < -0.3 is 11.1 Å². The molecule has 0 spiro atoms.